The maximum absolute atomic E-state index is 13.5. The van der Waals surface area contributed by atoms with Gasteiger partial charge in [0.15, 0.2) is 0 Å². The summed E-state index contributed by atoms with van der Waals surface area (Å²) in [5.41, 5.74) is 1.14. The van der Waals surface area contributed by atoms with Crippen LogP contribution in [0.15, 0.2) is 66.9 Å². The van der Waals surface area contributed by atoms with Crippen LogP contribution in [0.1, 0.15) is 37.5 Å². The molecule has 8 nitrogen and oxygen atoms in total. The van der Waals surface area contributed by atoms with Crippen LogP contribution in [0.5, 0.6) is 6.01 Å². The summed E-state index contributed by atoms with van der Waals surface area (Å²) in [6.45, 7) is 8.41. The molecule has 4 aromatic rings. The molecule has 0 amide bonds. The van der Waals surface area contributed by atoms with Gasteiger partial charge in [0.2, 0.25) is 11.9 Å². The van der Waals surface area contributed by atoms with E-state index in [1.54, 1.807) is 18.3 Å². The zero-order valence-electron chi connectivity index (χ0n) is 23.5. The fraction of sp³-hybridized carbons (Fsp3) is 0.333. The zero-order chi connectivity index (χ0) is 29.9. The lowest BCUT2D eigenvalue weighted by molar-refractivity contribution is -0.138. The van der Waals surface area contributed by atoms with Crippen LogP contribution in [-0.4, -0.2) is 46.1 Å². The lowest BCUT2D eigenvalue weighted by Crippen LogP contribution is -2.47. The van der Waals surface area contributed by atoms with E-state index in [-0.39, 0.29) is 29.5 Å². The highest BCUT2D eigenvalue weighted by molar-refractivity contribution is 6.32. The van der Waals surface area contributed by atoms with E-state index in [1.807, 2.05) is 29.2 Å². The maximum Gasteiger partial charge on any atom is 0.416 e. The molecule has 220 valence electrons. The van der Waals surface area contributed by atoms with Gasteiger partial charge in [0.05, 0.1) is 10.6 Å². The average Bonchev–Trinajstić information content (AvgIpc) is 2.96. The number of rotatable bonds is 7. The average molecular weight is 598 g/mol. The van der Waals surface area contributed by atoms with Gasteiger partial charge in [0.25, 0.3) is 0 Å². The summed E-state index contributed by atoms with van der Waals surface area (Å²) in [6.07, 6.45) is -2.81. The number of nitrogens with one attached hydrogen (secondary N) is 1. The van der Waals surface area contributed by atoms with Crippen LogP contribution in [-0.2, 0) is 18.2 Å². The molecule has 1 N–H and O–H groups in total. The fourth-order valence-electron chi connectivity index (χ4n) is 4.58. The minimum Gasteiger partial charge on any atom is -0.458 e. The van der Waals surface area contributed by atoms with Crippen molar-refractivity contribution in [2.45, 2.75) is 39.0 Å². The molecule has 0 unspecified atom stereocenters. The SMILES string of the molecule is CC(C)(C)c1ccc(Nc2nc(OCc3ccccc3C(F)(F)F)nc(N3CCN(c4ncccc4Cl)CC3)n2)cc1. The van der Waals surface area contributed by atoms with Gasteiger partial charge in [-0.15, -0.1) is 0 Å². The molecule has 12 heteroatoms. The summed E-state index contributed by atoms with van der Waals surface area (Å²) in [4.78, 5) is 21.9. The summed E-state index contributed by atoms with van der Waals surface area (Å²) < 4.78 is 46.4. The number of hydrogen-bond acceptors (Lipinski definition) is 8. The number of ether oxygens (including phenoxy) is 1. The second kappa shape index (κ2) is 12.0. The number of pyridine rings is 1. The van der Waals surface area contributed by atoms with E-state index >= 15 is 0 Å². The fourth-order valence-corrected chi connectivity index (χ4v) is 4.82. The van der Waals surface area contributed by atoms with Gasteiger partial charge >= 0.3 is 12.2 Å². The lowest BCUT2D eigenvalue weighted by Gasteiger charge is -2.35. The number of halogens is 4. The molecule has 0 saturated carbocycles. The van der Waals surface area contributed by atoms with Crippen LogP contribution in [0.3, 0.4) is 0 Å². The van der Waals surface area contributed by atoms with Crippen molar-refractivity contribution < 1.29 is 17.9 Å². The van der Waals surface area contributed by atoms with E-state index in [1.165, 1.54) is 23.8 Å². The first-order valence-electron chi connectivity index (χ1n) is 13.5. The third-order valence-corrected chi connectivity index (χ3v) is 7.19. The van der Waals surface area contributed by atoms with Crippen LogP contribution in [0.4, 0.5) is 36.6 Å². The summed E-state index contributed by atoms with van der Waals surface area (Å²) in [5.74, 6) is 1.28. The van der Waals surface area contributed by atoms with Crippen LogP contribution < -0.4 is 19.9 Å². The second-order valence-electron chi connectivity index (χ2n) is 10.9. The quantitative estimate of drug-likeness (QED) is 0.247. The molecule has 0 aliphatic carbocycles. The highest BCUT2D eigenvalue weighted by atomic mass is 35.5. The molecular formula is C30H31ClF3N7O. The number of benzene rings is 2. The van der Waals surface area contributed by atoms with Gasteiger partial charge in [-0.3, -0.25) is 0 Å². The van der Waals surface area contributed by atoms with Gasteiger partial charge in [-0.05, 0) is 41.3 Å². The molecule has 0 atom stereocenters. The van der Waals surface area contributed by atoms with Crippen molar-refractivity contribution in [2.75, 3.05) is 41.3 Å². The molecule has 42 heavy (non-hydrogen) atoms. The predicted octanol–water partition coefficient (Wildman–Crippen LogP) is 6.89. The largest absolute Gasteiger partial charge is 0.458 e. The molecular weight excluding hydrogens is 567 g/mol. The lowest BCUT2D eigenvalue weighted by atomic mass is 9.87. The van der Waals surface area contributed by atoms with Crippen molar-refractivity contribution in [2.24, 2.45) is 0 Å². The van der Waals surface area contributed by atoms with Crippen molar-refractivity contribution in [3.63, 3.8) is 0 Å². The Balaban J connectivity index is 1.39. The van der Waals surface area contributed by atoms with Crippen molar-refractivity contribution in [3.05, 3.63) is 88.6 Å². The Hall–Kier alpha value is -4.12. The first-order chi connectivity index (χ1) is 20.0. The highest BCUT2D eigenvalue weighted by Crippen LogP contribution is 2.33. The highest BCUT2D eigenvalue weighted by Gasteiger charge is 2.33. The minimum absolute atomic E-state index is 0.00573. The monoisotopic (exact) mass is 597 g/mol. The molecule has 2 aromatic carbocycles. The van der Waals surface area contributed by atoms with Crippen molar-refractivity contribution in [3.8, 4) is 6.01 Å². The third kappa shape index (κ3) is 7.02. The molecule has 5 rings (SSSR count). The Bertz CT molecular complexity index is 1520. The number of alkyl halides is 3. The van der Waals surface area contributed by atoms with Gasteiger partial charge in [-0.25, -0.2) is 4.98 Å². The molecule has 1 aliphatic rings. The van der Waals surface area contributed by atoms with E-state index in [4.69, 9.17) is 16.3 Å². The summed E-state index contributed by atoms with van der Waals surface area (Å²) in [5, 5.41) is 3.77. The molecule has 1 fully saturated rings. The normalized spacial score (nSPS) is 14.2. The second-order valence-corrected chi connectivity index (χ2v) is 11.3. The molecule has 1 saturated heterocycles. The Morgan fingerprint density at radius 2 is 1.55 bits per heavy atom. The van der Waals surface area contributed by atoms with Crippen LogP contribution >= 0.6 is 11.6 Å². The van der Waals surface area contributed by atoms with Gasteiger partial charge in [-0.1, -0.05) is 62.7 Å². The van der Waals surface area contributed by atoms with Crippen molar-refractivity contribution >= 4 is 35.0 Å². The van der Waals surface area contributed by atoms with E-state index in [9.17, 15) is 13.2 Å². The summed E-state index contributed by atoms with van der Waals surface area (Å²) >= 11 is 6.34. The third-order valence-electron chi connectivity index (χ3n) is 6.89. The Morgan fingerprint density at radius 1 is 0.857 bits per heavy atom. The Kier molecular flexibility index (Phi) is 8.40. The van der Waals surface area contributed by atoms with Crippen LogP contribution in [0, 0.1) is 0 Å². The van der Waals surface area contributed by atoms with E-state index < -0.39 is 11.7 Å². The first-order valence-corrected chi connectivity index (χ1v) is 13.9. The smallest absolute Gasteiger partial charge is 0.416 e. The molecule has 0 radical (unpaired) electrons. The number of hydrogen-bond donors (Lipinski definition) is 1. The van der Waals surface area contributed by atoms with Gasteiger partial charge in [-0.2, -0.15) is 28.1 Å². The number of anilines is 4. The van der Waals surface area contributed by atoms with Gasteiger partial charge in [0.1, 0.15) is 12.4 Å². The van der Waals surface area contributed by atoms with E-state index in [0.29, 0.717) is 43.0 Å². The molecule has 2 aromatic heterocycles. The molecule has 1 aliphatic heterocycles. The van der Waals surface area contributed by atoms with Crippen molar-refractivity contribution in [1.82, 2.24) is 19.9 Å². The number of piperazine rings is 1. The predicted molar refractivity (Wildman–Crippen MR) is 158 cm³/mol. The zero-order valence-corrected chi connectivity index (χ0v) is 24.2. The Morgan fingerprint density at radius 3 is 2.21 bits per heavy atom. The maximum atomic E-state index is 13.5. The molecule has 0 bridgehead atoms. The Labute approximate surface area is 247 Å². The van der Waals surface area contributed by atoms with E-state index in [2.05, 4.69) is 50.9 Å². The minimum atomic E-state index is -4.51. The van der Waals surface area contributed by atoms with Gasteiger partial charge in [0, 0.05) is 43.6 Å². The first kappa shape index (κ1) is 29.4. The summed E-state index contributed by atoms with van der Waals surface area (Å²) in [7, 11) is 0. The number of nitrogens with zero attached hydrogens (tertiary/aromatic N) is 6. The molecule has 0 spiro atoms. The van der Waals surface area contributed by atoms with E-state index in [0.717, 1.165) is 11.8 Å². The van der Waals surface area contributed by atoms with Crippen molar-refractivity contribution in [1.29, 1.82) is 0 Å². The molecule has 3 heterocycles. The topological polar surface area (TPSA) is 79.3 Å². The standard InChI is InChI=1S/C30H31ClF3N7O/c1-29(2,3)21-10-12-22(13-11-21)36-26-37-27(41-17-15-40(16-18-41)25-24(31)9-6-14-35-25)39-28(38-26)42-19-20-7-4-5-8-23(20)30(32,33)34/h4-14H,15-19H2,1-3H3,(H,36,37,38,39). The van der Waals surface area contributed by atoms with Gasteiger partial charge < -0.3 is 19.9 Å². The van der Waals surface area contributed by atoms with Crippen LogP contribution in [0.2, 0.25) is 5.02 Å². The van der Waals surface area contributed by atoms with Crippen LogP contribution in [0.25, 0.3) is 0 Å². The summed E-state index contributed by atoms with van der Waals surface area (Å²) in [6, 6.07) is 16.7. The number of aromatic nitrogens is 4.